The molecule has 0 saturated carbocycles. The number of hydrogen-bond acceptors (Lipinski definition) is 7. The molecule has 0 spiro atoms. The summed E-state index contributed by atoms with van der Waals surface area (Å²) >= 11 is 0. The second-order valence-corrected chi connectivity index (χ2v) is 9.14. The van der Waals surface area contributed by atoms with E-state index >= 15 is 0 Å². The monoisotopic (exact) mass is 486 g/mol. The molecular formula is C28H34N6O2. The maximum Gasteiger partial charge on any atom is 0.168 e. The molecule has 0 aliphatic carbocycles. The van der Waals surface area contributed by atoms with Crippen LogP contribution in [0.4, 0.5) is 5.82 Å². The van der Waals surface area contributed by atoms with Crippen molar-refractivity contribution in [3.63, 3.8) is 0 Å². The van der Waals surface area contributed by atoms with Crippen LogP contribution >= 0.6 is 0 Å². The SMILES string of the molecule is CCCc1nc(N2CCCN(Cc3cc(OC)ccc3OC)CC2)c2cnn(-c3ccccc3)c2n1. The van der Waals surface area contributed by atoms with E-state index in [4.69, 9.17) is 24.5 Å². The zero-order valence-corrected chi connectivity index (χ0v) is 21.4. The van der Waals surface area contributed by atoms with E-state index in [1.807, 2.05) is 41.2 Å². The fourth-order valence-electron chi connectivity index (χ4n) is 4.86. The Morgan fingerprint density at radius 2 is 1.78 bits per heavy atom. The van der Waals surface area contributed by atoms with Crippen LogP contribution in [0.5, 0.6) is 11.5 Å². The number of para-hydroxylation sites is 1. The van der Waals surface area contributed by atoms with Gasteiger partial charge in [-0.05, 0) is 43.2 Å². The van der Waals surface area contributed by atoms with Gasteiger partial charge < -0.3 is 14.4 Å². The number of anilines is 1. The molecule has 0 radical (unpaired) electrons. The highest BCUT2D eigenvalue weighted by atomic mass is 16.5. The first kappa shape index (κ1) is 24.1. The molecule has 0 atom stereocenters. The number of fused-ring (bicyclic) bond motifs is 1. The molecule has 2 aromatic carbocycles. The summed E-state index contributed by atoms with van der Waals surface area (Å²) in [6.45, 7) is 6.76. The van der Waals surface area contributed by atoms with Gasteiger partial charge in [0.05, 0.1) is 31.5 Å². The first-order valence-electron chi connectivity index (χ1n) is 12.7. The van der Waals surface area contributed by atoms with E-state index in [1.165, 1.54) is 0 Å². The molecule has 0 unspecified atom stereocenters. The summed E-state index contributed by atoms with van der Waals surface area (Å²) in [7, 11) is 3.42. The highest BCUT2D eigenvalue weighted by Crippen LogP contribution is 2.29. The van der Waals surface area contributed by atoms with Crippen molar-refractivity contribution in [1.82, 2.24) is 24.6 Å². The molecule has 36 heavy (non-hydrogen) atoms. The van der Waals surface area contributed by atoms with Gasteiger partial charge in [-0.15, -0.1) is 0 Å². The van der Waals surface area contributed by atoms with E-state index in [0.29, 0.717) is 0 Å². The van der Waals surface area contributed by atoms with Gasteiger partial charge in [0, 0.05) is 44.7 Å². The van der Waals surface area contributed by atoms with Crippen molar-refractivity contribution in [3.8, 4) is 17.2 Å². The summed E-state index contributed by atoms with van der Waals surface area (Å²) in [4.78, 5) is 14.8. The van der Waals surface area contributed by atoms with Crippen molar-refractivity contribution >= 4 is 16.9 Å². The van der Waals surface area contributed by atoms with Crippen LogP contribution < -0.4 is 14.4 Å². The van der Waals surface area contributed by atoms with Gasteiger partial charge in [-0.3, -0.25) is 4.90 Å². The quantitative estimate of drug-likeness (QED) is 0.363. The third-order valence-electron chi connectivity index (χ3n) is 6.70. The van der Waals surface area contributed by atoms with E-state index in [1.54, 1.807) is 14.2 Å². The van der Waals surface area contributed by atoms with E-state index < -0.39 is 0 Å². The van der Waals surface area contributed by atoms with Crippen LogP contribution in [0.3, 0.4) is 0 Å². The Hall–Kier alpha value is -3.65. The molecule has 4 aromatic rings. The second-order valence-electron chi connectivity index (χ2n) is 9.14. The average molecular weight is 487 g/mol. The van der Waals surface area contributed by atoms with Crippen LogP contribution in [-0.4, -0.2) is 65.0 Å². The Kier molecular flexibility index (Phi) is 7.32. The van der Waals surface area contributed by atoms with Crippen molar-refractivity contribution in [3.05, 3.63) is 66.1 Å². The average Bonchev–Trinajstić information content (AvgIpc) is 3.20. The molecule has 0 N–H and O–H groups in total. The number of ether oxygens (including phenoxy) is 2. The maximum atomic E-state index is 5.61. The molecule has 5 rings (SSSR count). The highest BCUT2D eigenvalue weighted by molar-refractivity contribution is 5.88. The molecule has 1 aliphatic heterocycles. The summed E-state index contributed by atoms with van der Waals surface area (Å²) in [6, 6.07) is 16.2. The lowest BCUT2D eigenvalue weighted by molar-refractivity contribution is 0.279. The van der Waals surface area contributed by atoms with Crippen molar-refractivity contribution in [1.29, 1.82) is 0 Å². The Morgan fingerprint density at radius 1 is 0.917 bits per heavy atom. The number of aromatic nitrogens is 4. The predicted octanol–water partition coefficient (Wildman–Crippen LogP) is 4.50. The van der Waals surface area contributed by atoms with Gasteiger partial charge >= 0.3 is 0 Å². The van der Waals surface area contributed by atoms with Gasteiger partial charge in [0.25, 0.3) is 0 Å². The van der Waals surface area contributed by atoms with Crippen LogP contribution in [0.25, 0.3) is 16.7 Å². The lowest BCUT2D eigenvalue weighted by Crippen LogP contribution is -2.31. The topological polar surface area (TPSA) is 68.5 Å². The summed E-state index contributed by atoms with van der Waals surface area (Å²) in [5.74, 6) is 3.61. The Morgan fingerprint density at radius 3 is 2.56 bits per heavy atom. The van der Waals surface area contributed by atoms with Crippen LogP contribution in [0.1, 0.15) is 31.2 Å². The minimum atomic E-state index is 0.820. The lowest BCUT2D eigenvalue weighted by atomic mass is 10.1. The number of nitrogens with zero attached hydrogens (tertiary/aromatic N) is 6. The summed E-state index contributed by atoms with van der Waals surface area (Å²) < 4.78 is 13.0. The summed E-state index contributed by atoms with van der Waals surface area (Å²) in [6.07, 6.45) is 4.81. The van der Waals surface area contributed by atoms with Gasteiger partial charge in [-0.25, -0.2) is 14.6 Å². The van der Waals surface area contributed by atoms with Gasteiger partial charge in [0.2, 0.25) is 0 Å². The summed E-state index contributed by atoms with van der Waals surface area (Å²) in [5.41, 5.74) is 3.02. The standard InChI is InChI=1S/C28H34N6O2/c1-4-9-26-30-27(24-19-29-34(28(24)31-26)22-10-6-5-7-11-22)33-15-8-14-32(16-17-33)20-21-18-23(35-2)12-13-25(21)36-3/h5-7,10-13,18-19H,4,8-9,14-17,20H2,1-3H3. The molecular weight excluding hydrogens is 452 g/mol. The van der Waals surface area contributed by atoms with Crippen molar-refractivity contribution in [2.45, 2.75) is 32.7 Å². The normalized spacial score (nSPS) is 14.7. The molecule has 8 heteroatoms. The van der Waals surface area contributed by atoms with Crippen LogP contribution in [0.15, 0.2) is 54.7 Å². The predicted molar refractivity (Wildman–Crippen MR) is 142 cm³/mol. The van der Waals surface area contributed by atoms with Crippen molar-refractivity contribution < 1.29 is 9.47 Å². The molecule has 0 amide bonds. The zero-order valence-electron chi connectivity index (χ0n) is 21.4. The lowest BCUT2D eigenvalue weighted by Gasteiger charge is -2.24. The van der Waals surface area contributed by atoms with Crippen LogP contribution in [0, 0.1) is 0 Å². The highest BCUT2D eigenvalue weighted by Gasteiger charge is 2.22. The van der Waals surface area contributed by atoms with Crippen LogP contribution in [-0.2, 0) is 13.0 Å². The first-order valence-corrected chi connectivity index (χ1v) is 12.7. The van der Waals surface area contributed by atoms with Gasteiger partial charge in [-0.2, -0.15) is 5.10 Å². The number of aryl methyl sites for hydroxylation is 1. The fourth-order valence-corrected chi connectivity index (χ4v) is 4.86. The van der Waals surface area contributed by atoms with Crippen molar-refractivity contribution in [2.24, 2.45) is 0 Å². The third kappa shape index (κ3) is 4.99. The molecule has 1 aliphatic rings. The Labute approximate surface area is 212 Å². The number of rotatable bonds is 8. The van der Waals surface area contributed by atoms with E-state index in [2.05, 4.69) is 34.9 Å². The molecule has 1 fully saturated rings. The van der Waals surface area contributed by atoms with Gasteiger partial charge in [-0.1, -0.05) is 25.1 Å². The van der Waals surface area contributed by atoms with E-state index in [0.717, 1.165) is 97.4 Å². The molecule has 1 saturated heterocycles. The molecule has 0 bridgehead atoms. The Bertz CT molecular complexity index is 1310. The van der Waals surface area contributed by atoms with Gasteiger partial charge in [0.15, 0.2) is 5.65 Å². The summed E-state index contributed by atoms with van der Waals surface area (Å²) in [5, 5.41) is 5.70. The maximum absolute atomic E-state index is 5.61. The first-order chi connectivity index (χ1) is 17.7. The van der Waals surface area contributed by atoms with E-state index in [-0.39, 0.29) is 0 Å². The molecule has 2 aromatic heterocycles. The number of benzene rings is 2. The number of hydrogen-bond donors (Lipinski definition) is 0. The van der Waals surface area contributed by atoms with Gasteiger partial charge in [0.1, 0.15) is 23.1 Å². The minimum absolute atomic E-state index is 0.820. The van der Waals surface area contributed by atoms with Crippen LogP contribution in [0.2, 0.25) is 0 Å². The third-order valence-corrected chi connectivity index (χ3v) is 6.70. The van der Waals surface area contributed by atoms with E-state index in [9.17, 15) is 0 Å². The second kappa shape index (κ2) is 11.0. The fraction of sp³-hybridized carbons (Fsp3) is 0.393. The smallest absolute Gasteiger partial charge is 0.168 e. The molecule has 3 heterocycles. The zero-order chi connectivity index (χ0) is 24.9. The molecule has 188 valence electrons. The van der Waals surface area contributed by atoms with Crippen molar-refractivity contribution in [2.75, 3.05) is 45.3 Å². The number of methoxy groups -OCH3 is 2. The Balaban J connectivity index is 1.41. The minimum Gasteiger partial charge on any atom is -0.497 e. The molecule has 8 nitrogen and oxygen atoms in total. The largest absolute Gasteiger partial charge is 0.497 e.